The van der Waals surface area contributed by atoms with Crippen LogP contribution in [0.3, 0.4) is 0 Å². The van der Waals surface area contributed by atoms with Crippen molar-refractivity contribution in [3.05, 3.63) is 23.8 Å². The highest BCUT2D eigenvalue weighted by Gasteiger charge is 2.22. The summed E-state index contributed by atoms with van der Waals surface area (Å²) in [7, 11) is 0. The molecular formula is C13H20N2O2. The van der Waals surface area contributed by atoms with Crippen LogP contribution >= 0.6 is 0 Å². The summed E-state index contributed by atoms with van der Waals surface area (Å²) < 4.78 is 0. The fourth-order valence-electron chi connectivity index (χ4n) is 1.18. The minimum atomic E-state index is -0.206. The Morgan fingerprint density at radius 2 is 2.00 bits per heavy atom. The Labute approximate surface area is 102 Å². The molecule has 1 aromatic rings. The molecule has 0 bridgehead atoms. The molecule has 4 N–H and O–H groups in total. The van der Waals surface area contributed by atoms with Gasteiger partial charge in [0.25, 0.3) is 5.91 Å². The molecule has 0 saturated heterocycles. The summed E-state index contributed by atoms with van der Waals surface area (Å²) in [6.45, 7) is 8.12. The van der Waals surface area contributed by atoms with Gasteiger partial charge in [0.15, 0.2) is 0 Å². The van der Waals surface area contributed by atoms with Crippen LogP contribution in [0.5, 0.6) is 5.75 Å². The lowest BCUT2D eigenvalue weighted by Crippen LogP contribution is -2.41. The first-order chi connectivity index (χ1) is 7.71. The lowest BCUT2D eigenvalue weighted by Gasteiger charge is -2.28. The number of phenolic OH excluding ortho intramolecular Hbond substituents is 1. The smallest absolute Gasteiger partial charge is 0.251 e. The van der Waals surface area contributed by atoms with Crippen molar-refractivity contribution in [2.45, 2.75) is 33.7 Å². The van der Waals surface area contributed by atoms with E-state index in [-0.39, 0.29) is 28.8 Å². The highest BCUT2D eigenvalue weighted by atomic mass is 16.3. The predicted molar refractivity (Wildman–Crippen MR) is 68.9 cm³/mol. The molecule has 0 aliphatic heterocycles. The molecule has 1 rings (SSSR count). The van der Waals surface area contributed by atoms with Crippen LogP contribution in [0, 0.1) is 5.41 Å². The number of benzene rings is 1. The van der Waals surface area contributed by atoms with Gasteiger partial charge in [-0.2, -0.15) is 0 Å². The van der Waals surface area contributed by atoms with Gasteiger partial charge < -0.3 is 16.2 Å². The number of nitrogen functional groups attached to an aromatic ring is 1. The lowest BCUT2D eigenvalue weighted by atomic mass is 9.88. The highest BCUT2D eigenvalue weighted by molar-refractivity contribution is 5.95. The van der Waals surface area contributed by atoms with Gasteiger partial charge in [0, 0.05) is 11.6 Å². The Bertz CT molecular complexity index is 422. The monoisotopic (exact) mass is 236 g/mol. The van der Waals surface area contributed by atoms with E-state index in [0.29, 0.717) is 5.56 Å². The van der Waals surface area contributed by atoms with Crippen molar-refractivity contribution in [1.82, 2.24) is 5.32 Å². The number of hydrogen-bond acceptors (Lipinski definition) is 3. The van der Waals surface area contributed by atoms with Gasteiger partial charge in [0.05, 0.1) is 5.69 Å². The second-order valence-electron chi connectivity index (χ2n) is 5.33. The quantitative estimate of drug-likeness (QED) is 0.544. The Kier molecular flexibility index (Phi) is 3.66. The normalized spacial score (nSPS) is 13.2. The molecule has 1 amide bonds. The maximum absolute atomic E-state index is 11.9. The van der Waals surface area contributed by atoms with Crippen LogP contribution in [0.4, 0.5) is 5.69 Å². The summed E-state index contributed by atoms with van der Waals surface area (Å²) in [4.78, 5) is 11.9. The van der Waals surface area contributed by atoms with E-state index in [4.69, 9.17) is 5.73 Å². The number of amides is 1. The highest BCUT2D eigenvalue weighted by Crippen LogP contribution is 2.22. The first-order valence-corrected chi connectivity index (χ1v) is 5.61. The van der Waals surface area contributed by atoms with E-state index in [0.717, 1.165) is 0 Å². The average molecular weight is 236 g/mol. The molecule has 1 aromatic carbocycles. The third-order valence-electron chi connectivity index (χ3n) is 2.94. The lowest BCUT2D eigenvalue weighted by molar-refractivity contribution is 0.0910. The van der Waals surface area contributed by atoms with Gasteiger partial charge in [-0.25, -0.2) is 0 Å². The van der Waals surface area contributed by atoms with E-state index in [1.807, 2.05) is 6.92 Å². The Morgan fingerprint density at radius 3 is 2.47 bits per heavy atom. The molecule has 0 heterocycles. The van der Waals surface area contributed by atoms with Gasteiger partial charge in [-0.3, -0.25) is 4.79 Å². The van der Waals surface area contributed by atoms with Crippen molar-refractivity contribution in [1.29, 1.82) is 0 Å². The summed E-state index contributed by atoms with van der Waals surface area (Å²) in [5, 5.41) is 12.3. The van der Waals surface area contributed by atoms with Crippen molar-refractivity contribution in [3.63, 3.8) is 0 Å². The Morgan fingerprint density at radius 1 is 1.41 bits per heavy atom. The zero-order valence-corrected chi connectivity index (χ0v) is 10.7. The Hall–Kier alpha value is -1.71. The van der Waals surface area contributed by atoms with E-state index in [9.17, 15) is 9.90 Å². The van der Waals surface area contributed by atoms with E-state index < -0.39 is 0 Å². The van der Waals surface area contributed by atoms with Gasteiger partial charge in [-0.05, 0) is 30.5 Å². The molecule has 1 atom stereocenters. The van der Waals surface area contributed by atoms with Crippen LogP contribution in [-0.4, -0.2) is 17.1 Å². The number of hydrogen-bond donors (Lipinski definition) is 3. The second kappa shape index (κ2) is 4.65. The van der Waals surface area contributed by atoms with E-state index in [1.165, 1.54) is 12.1 Å². The van der Waals surface area contributed by atoms with Crippen molar-refractivity contribution >= 4 is 11.6 Å². The van der Waals surface area contributed by atoms with Crippen molar-refractivity contribution in [3.8, 4) is 5.75 Å². The number of nitrogens with two attached hydrogens (primary N) is 1. The van der Waals surface area contributed by atoms with E-state index >= 15 is 0 Å². The summed E-state index contributed by atoms with van der Waals surface area (Å²) in [5.74, 6) is -0.274. The maximum Gasteiger partial charge on any atom is 0.251 e. The van der Waals surface area contributed by atoms with Crippen LogP contribution in [0.25, 0.3) is 0 Å². The summed E-state index contributed by atoms with van der Waals surface area (Å²) in [5.41, 5.74) is 6.15. The number of aromatic hydroxyl groups is 1. The molecule has 0 radical (unpaired) electrons. The molecule has 0 aliphatic carbocycles. The molecule has 0 aromatic heterocycles. The fourth-order valence-corrected chi connectivity index (χ4v) is 1.18. The molecule has 0 saturated carbocycles. The number of rotatable bonds is 2. The molecular weight excluding hydrogens is 216 g/mol. The van der Waals surface area contributed by atoms with Crippen LogP contribution in [0.15, 0.2) is 18.2 Å². The van der Waals surface area contributed by atoms with Crippen molar-refractivity contribution in [2.75, 3.05) is 5.73 Å². The van der Waals surface area contributed by atoms with E-state index in [2.05, 4.69) is 26.1 Å². The van der Waals surface area contributed by atoms with Gasteiger partial charge in [-0.1, -0.05) is 20.8 Å². The number of anilines is 1. The van der Waals surface area contributed by atoms with Gasteiger partial charge in [0.2, 0.25) is 0 Å². The third-order valence-corrected chi connectivity index (χ3v) is 2.94. The van der Waals surface area contributed by atoms with Crippen LogP contribution in [0.1, 0.15) is 38.1 Å². The first-order valence-electron chi connectivity index (χ1n) is 5.61. The van der Waals surface area contributed by atoms with Crippen molar-refractivity contribution < 1.29 is 9.90 Å². The van der Waals surface area contributed by atoms with Gasteiger partial charge >= 0.3 is 0 Å². The number of carbonyl (C=O) groups excluding carboxylic acids is 1. The molecule has 4 nitrogen and oxygen atoms in total. The summed E-state index contributed by atoms with van der Waals surface area (Å²) >= 11 is 0. The molecule has 0 spiro atoms. The molecule has 0 fully saturated rings. The zero-order chi connectivity index (χ0) is 13.2. The zero-order valence-electron chi connectivity index (χ0n) is 10.7. The number of phenols is 1. The predicted octanol–water partition coefficient (Wildman–Crippen LogP) is 2.14. The SMILES string of the molecule is CC(NC(=O)c1ccc(N)c(O)c1)C(C)(C)C. The topological polar surface area (TPSA) is 75.4 Å². The Balaban J connectivity index is 2.80. The van der Waals surface area contributed by atoms with Crippen LogP contribution in [0.2, 0.25) is 0 Å². The molecule has 0 aliphatic rings. The van der Waals surface area contributed by atoms with Crippen molar-refractivity contribution in [2.24, 2.45) is 5.41 Å². The van der Waals surface area contributed by atoms with Crippen LogP contribution < -0.4 is 11.1 Å². The van der Waals surface area contributed by atoms with Gasteiger partial charge in [-0.15, -0.1) is 0 Å². The second-order valence-corrected chi connectivity index (χ2v) is 5.33. The summed E-state index contributed by atoms with van der Waals surface area (Å²) in [6, 6.07) is 4.53. The molecule has 4 heteroatoms. The minimum absolute atomic E-state index is 0.00842. The number of nitrogens with one attached hydrogen (secondary N) is 1. The first kappa shape index (κ1) is 13.4. The largest absolute Gasteiger partial charge is 0.506 e. The minimum Gasteiger partial charge on any atom is -0.506 e. The standard InChI is InChI=1S/C13H20N2O2/c1-8(13(2,3)4)15-12(17)9-5-6-10(14)11(16)7-9/h5-8,16H,14H2,1-4H3,(H,15,17). The number of carbonyl (C=O) groups is 1. The maximum atomic E-state index is 11.9. The fraction of sp³-hybridized carbons (Fsp3) is 0.462. The molecule has 17 heavy (non-hydrogen) atoms. The molecule has 1 unspecified atom stereocenters. The summed E-state index contributed by atoms with van der Waals surface area (Å²) in [6.07, 6.45) is 0. The third kappa shape index (κ3) is 3.37. The molecule has 94 valence electrons. The van der Waals surface area contributed by atoms with Gasteiger partial charge in [0.1, 0.15) is 5.75 Å². The average Bonchev–Trinajstić information content (AvgIpc) is 2.20. The van der Waals surface area contributed by atoms with E-state index in [1.54, 1.807) is 6.07 Å². The van der Waals surface area contributed by atoms with Crippen LogP contribution in [-0.2, 0) is 0 Å².